The molecule has 0 amide bonds. The van der Waals surface area contributed by atoms with Crippen molar-refractivity contribution in [2.45, 2.75) is 67.7 Å². The lowest BCUT2D eigenvalue weighted by Crippen LogP contribution is -2.66. The van der Waals surface area contributed by atoms with Crippen molar-refractivity contribution in [3.63, 3.8) is 0 Å². The zero-order chi connectivity index (χ0) is 15.7. The third-order valence-electron chi connectivity index (χ3n) is 4.32. The van der Waals surface area contributed by atoms with E-state index in [0.717, 1.165) is 0 Å². The van der Waals surface area contributed by atoms with Gasteiger partial charge >= 0.3 is 0 Å². The molecule has 2 aliphatic rings. The van der Waals surface area contributed by atoms with Gasteiger partial charge in [-0.05, 0) is 6.42 Å². The van der Waals surface area contributed by atoms with Crippen LogP contribution in [0.2, 0.25) is 0 Å². The van der Waals surface area contributed by atoms with Crippen LogP contribution in [0.15, 0.2) is 0 Å². The van der Waals surface area contributed by atoms with Crippen LogP contribution in [-0.2, 0) is 9.47 Å². The minimum atomic E-state index is -1.06. The molecule has 0 bridgehead atoms. The maximum Gasteiger partial charge on any atom is 0.176 e. The fraction of sp³-hybridized carbons (Fsp3) is 1.00. The van der Waals surface area contributed by atoms with Gasteiger partial charge < -0.3 is 47.7 Å². The highest BCUT2D eigenvalue weighted by molar-refractivity contribution is 4.96. The summed E-state index contributed by atoms with van der Waals surface area (Å²) >= 11 is 0. The Morgan fingerprint density at radius 3 is 2.29 bits per heavy atom. The van der Waals surface area contributed by atoms with Gasteiger partial charge in [0.05, 0.1) is 37.0 Å². The molecule has 9 heteroatoms. The Morgan fingerprint density at radius 1 is 1.00 bits per heavy atom. The SMILES string of the molecule is N[C@@H]1[C@H](O)[C@@H](N)[C@@H](O[C@H]2C[C@@H](O)[C@H](N)C[C@@H]2N)O[C@@H]1CO. The Morgan fingerprint density at radius 2 is 1.67 bits per heavy atom. The molecule has 0 aromatic rings. The molecule has 2 rings (SSSR count). The van der Waals surface area contributed by atoms with Crippen molar-refractivity contribution >= 4 is 0 Å². The average molecular weight is 306 g/mol. The van der Waals surface area contributed by atoms with E-state index in [-0.39, 0.29) is 25.1 Å². The lowest BCUT2D eigenvalue weighted by Gasteiger charge is -2.44. The molecule has 9 atom stereocenters. The van der Waals surface area contributed by atoms with E-state index < -0.39 is 42.8 Å². The van der Waals surface area contributed by atoms with Crippen LogP contribution in [0.3, 0.4) is 0 Å². The predicted octanol–water partition coefficient (Wildman–Crippen LogP) is -4.09. The zero-order valence-electron chi connectivity index (χ0n) is 11.8. The molecule has 1 aliphatic carbocycles. The van der Waals surface area contributed by atoms with Crippen LogP contribution in [0.4, 0.5) is 0 Å². The van der Waals surface area contributed by atoms with E-state index in [1.165, 1.54) is 0 Å². The van der Waals surface area contributed by atoms with Crippen molar-refractivity contribution in [3.05, 3.63) is 0 Å². The maximum absolute atomic E-state index is 9.99. The van der Waals surface area contributed by atoms with Gasteiger partial charge in [0, 0.05) is 18.5 Å². The van der Waals surface area contributed by atoms with Crippen molar-refractivity contribution in [2.75, 3.05) is 6.61 Å². The quantitative estimate of drug-likeness (QED) is 0.272. The van der Waals surface area contributed by atoms with Gasteiger partial charge in [0.25, 0.3) is 0 Å². The van der Waals surface area contributed by atoms with Gasteiger partial charge in [-0.2, -0.15) is 0 Å². The predicted molar refractivity (Wildman–Crippen MR) is 73.8 cm³/mol. The van der Waals surface area contributed by atoms with Gasteiger partial charge in [-0.25, -0.2) is 0 Å². The molecule has 11 N–H and O–H groups in total. The first-order chi connectivity index (χ1) is 9.85. The lowest BCUT2D eigenvalue weighted by molar-refractivity contribution is -0.260. The van der Waals surface area contributed by atoms with Crippen LogP contribution in [0, 0.1) is 0 Å². The molecule has 0 unspecified atom stereocenters. The number of nitrogens with two attached hydrogens (primary N) is 4. The standard InChI is InChI=1S/C12H26N4O5/c13-4-1-5(14)7(2-6(4)18)20-12-10(16)11(19)9(15)8(3-17)21-12/h4-12,17-19H,1-3,13-16H2/t4-,5+,6-,7+,8-,9+,10-,11+,12+/m1/s1. The smallest absolute Gasteiger partial charge is 0.176 e. The molecule has 2 fully saturated rings. The Kier molecular flexibility index (Phi) is 5.52. The molecular formula is C12H26N4O5. The Hall–Kier alpha value is -0.360. The first-order valence-electron chi connectivity index (χ1n) is 7.15. The fourth-order valence-corrected chi connectivity index (χ4v) is 2.82. The van der Waals surface area contributed by atoms with Crippen LogP contribution in [0.5, 0.6) is 0 Å². The van der Waals surface area contributed by atoms with Crippen molar-refractivity contribution < 1.29 is 24.8 Å². The van der Waals surface area contributed by atoms with Crippen LogP contribution in [0.1, 0.15) is 12.8 Å². The molecule has 0 aromatic heterocycles. The van der Waals surface area contributed by atoms with E-state index >= 15 is 0 Å². The third-order valence-corrected chi connectivity index (χ3v) is 4.32. The summed E-state index contributed by atoms with van der Waals surface area (Å²) in [6, 6.07) is -2.39. The highest BCUT2D eigenvalue weighted by Crippen LogP contribution is 2.26. The van der Waals surface area contributed by atoms with E-state index in [9.17, 15) is 15.3 Å². The number of rotatable bonds is 3. The summed E-state index contributed by atoms with van der Waals surface area (Å²) in [5, 5.41) is 29.0. The largest absolute Gasteiger partial charge is 0.394 e. The van der Waals surface area contributed by atoms with Gasteiger partial charge in [0.15, 0.2) is 6.29 Å². The van der Waals surface area contributed by atoms with Crippen LogP contribution >= 0.6 is 0 Å². The van der Waals surface area contributed by atoms with E-state index in [4.69, 9.17) is 32.4 Å². The second-order valence-corrected chi connectivity index (χ2v) is 5.91. The molecule has 1 aliphatic heterocycles. The van der Waals surface area contributed by atoms with Crippen molar-refractivity contribution in [2.24, 2.45) is 22.9 Å². The molecule has 124 valence electrons. The second-order valence-electron chi connectivity index (χ2n) is 5.91. The van der Waals surface area contributed by atoms with Crippen LogP contribution in [-0.4, -0.2) is 76.8 Å². The highest BCUT2D eigenvalue weighted by Gasteiger charge is 2.44. The Balaban J connectivity index is 2.01. The molecule has 1 saturated heterocycles. The second kappa shape index (κ2) is 6.82. The number of aliphatic hydroxyl groups excluding tert-OH is 3. The molecular weight excluding hydrogens is 280 g/mol. The summed E-state index contributed by atoms with van der Waals surface area (Å²) < 4.78 is 11.2. The van der Waals surface area contributed by atoms with E-state index in [1.807, 2.05) is 0 Å². The number of aliphatic hydroxyl groups is 3. The van der Waals surface area contributed by atoms with Gasteiger partial charge in [-0.1, -0.05) is 0 Å². The van der Waals surface area contributed by atoms with Gasteiger partial charge in [0.1, 0.15) is 6.10 Å². The van der Waals surface area contributed by atoms with Gasteiger partial charge in [-0.3, -0.25) is 0 Å². The molecule has 9 nitrogen and oxygen atoms in total. The Bertz CT molecular complexity index is 348. The van der Waals surface area contributed by atoms with Crippen molar-refractivity contribution in [1.29, 1.82) is 0 Å². The van der Waals surface area contributed by atoms with Gasteiger partial charge in [-0.15, -0.1) is 0 Å². The highest BCUT2D eigenvalue weighted by atomic mass is 16.7. The summed E-state index contributed by atoms with van der Waals surface area (Å²) in [6.07, 6.45) is -3.30. The van der Waals surface area contributed by atoms with E-state index in [1.54, 1.807) is 0 Å². The zero-order valence-corrected chi connectivity index (χ0v) is 11.8. The summed E-state index contributed by atoms with van der Waals surface area (Å²) in [4.78, 5) is 0. The molecule has 1 heterocycles. The number of hydrogen-bond acceptors (Lipinski definition) is 9. The molecule has 0 spiro atoms. The van der Waals surface area contributed by atoms with E-state index in [2.05, 4.69) is 0 Å². The minimum absolute atomic E-state index is 0.265. The normalized spacial score (nSPS) is 51.9. The summed E-state index contributed by atoms with van der Waals surface area (Å²) in [5.74, 6) is 0. The van der Waals surface area contributed by atoms with Gasteiger partial charge in [0.2, 0.25) is 0 Å². The minimum Gasteiger partial charge on any atom is -0.394 e. The maximum atomic E-state index is 9.99. The third kappa shape index (κ3) is 3.52. The van der Waals surface area contributed by atoms with Crippen LogP contribution < -0.4 is 22.9 Å². The summed E-state index contributed by atoms with van der Waals surface area (Å²) in [5.41, 5.74) is 23.3. The first kappa shape index (κ1) is 17.0. The molecule has 1 saturated carbocycles. The number of ether oxygens (including phenoxy) is 2. The van der Waals surface area contributed by atoms with E-state index in [0.29, 0.717) is 6.42 Å². The lowest BCUT2D eigenvalue weighted by atomic mass is 9.87. The first-order valence-corrected chi connectivity index (χ1v) is 7.15. The fourth-order valence-electron chi connectivity index (χ4n) is 2.82. The Labute approximate surface area is 123 Å². The average Bonchev–Trinajstić information content (AvgIpc) is 2.45. The summed E-state index contributed by atoms with van der Waals surface area (Å²) in [7, 11) is 0. The van der Waals surface area contributed by atoms with Crippen molar-refractivity contribution in [3.8, 4) is 0 Å². The number of hydrogen-bond donors (Lipinski definition) is 7. The molecule has 21 heavy (non-hydrogen) atoms. The topological polar surface area (TPSA) is 183 Å². The summed E-state index contributed by atoms with van der Waals surface area (Å²) in [6.45, 7) is -0.352. The monoisotopic (exact) mass is 306 g/mol. The van der Waals surface area contributed by atoms with Crippen LogP contribution in [0.25, 0.3) is 0 Å². The molecule has 0 radical (unpaired) electrons. The van der Waals surface area contributed by atoms with Crippen molar-refractivity contribution in [1.82, 2.24) is 0 Å². The molecule has 0 aromatic carbocycles.